The lowest BCUT2D eigenvalue weighted by atomic mass is 10.1. The van der Waals surface area contributed by atoms with E-state index in [1.165, 1.54) is 18.0 Å². The summed E-state index contributed by atoms with van der Waals surface area (Å²) in [6.45, 7) is 0. The van der Waals surface area contributed by atoms with Crippen LogP contribution in [0.15, 0.2) is 92.2 Å². The summed E-state index contributed by atoms with van der Waals surface area (Å²) in [4.78, 5) is 17.8. The van der Waals surface area contributed by atoms with Gasteiger partial charge in [0.25, 0.3) is 11.1 Å². The second-order valence-electron chi connectivity index (χ2n) is 8.54. The normalized spacial score (nSPS) is 11.3. The van der Waals surface area contributed by atoms with Crippen molar-refractivity contribution in [2.75, 3.05) is 12.8 Å². The van der Waals surface area contributed by atoms with Gasteiger partial charge in [-0.25, -0.2) is 15.0 Å². The lowest BCUT2D eigenvalue weighted by molar-refractivity contribution is 0.0947. The molecule has 0 saturated carbocycles. The Hall–Kier alpha value is -5.50. The maximum absolute atomic E-state index is 13.3. The van der Waals surface area contributed by atoms with Gasteiger partial charge < -0.3 is 14.9 Å². The SMILES string of the molecule is COc1ccc(/C=N/NC(=O)c2c(-c3ccccc3)nnn2-c2nonc2N)cc1CSc1nc2ccccc2o1. The zero-order valence-corrected chi connectivity index (χ0v) is 22.3. The number of oxazole rings is 1. The first-order chi connectivity index (χ1) is 20.1. The minimum atomic E-state index is -0.590. The van der Waals surface area contributed by atoms with Crippen LogP contribution in [-0.2, 0) is 5.75 Å². The lowest BCUT2D eigenvalue weighted by Crippen LogP contribution is -2.22. The first kappa shape index (κ1) is 25.8. The van der Waals surface area contributed by atoms with E-state index in [1.54, 1.807) is 19.2 Å². The average molecular weight is 568 g/mol. The Morgan fingerprint density at radius 2 is 1.95 bits per heavy atom. The summed E-state index contributed by atoms with van der Waals surface area (Å²) in [5, 5.41) is 20.3. The molecule has 0 aliphatic carbocycles. The number of para-hydroxylation sites is 2. The number of hydrogen-bond donors (Lipinski definition) is 2. The number of hydrazone groups is 1. The predicted molar refractivity (Wildman–Crippen MR) is 151 cm³/mol. The van der Waals surface area contributed by atoms with Gasteiger partial charge in [0, 0.05) is 16.9 Å². The van der Waals surface area contributed by atoms with Crippen LogP contribution in [0.2, 0.25) is 0 Å². The van der Waals surface area contributed by atoms with Crippen LogP contribution in [0.25, 0.3) is 28.2 Å². The third kappa shape index (κ3) is 5.35. The van der Waals surface area contributed by atoms with Crippen LogP contribution in [0.1, 0.15) is 21.6 Å². The Labute approximate surface area is 236 Å². The van der Waals surface area contributed by atoms with Crippen LogP contribution < -0.4 is 15.9 Å². The quantitative estimate of drug-likeness (QED) is 0.146. The summed E-state index contributed by atoms with van der Waals surface area (Å²) in [7, 11) is 1.61. The van der Waals surface area contributed by atoms with Crippen LogP contribution in [0.5, 0.6) is 5.75 Å². The Kier molecular flexibility index (Phi) is 7.11. The van der Waals surface area contributed by atoms with Gasteiger partial charge in [0.1, 0.15) is 17.0 Å². The number of carbonyl (C=O) groups is 1. The first-order valence-electron chi connectivity index (χ1n) is 12.2. The molecule has 0 spiro atoms. The summed E-state index contributed by atoms with van der Waals surface area (Å²) < 4.78 is 17.2. The maximum Gasteiger partial charge on any atom is 0.292 e. The van der Waals surface area contributed by atoms with Crippen LogP contribution in [0.3, 0.4) is 0 Å². The van der Waals surface area contributed by atoms with Crippen LogP contribution in [0.4, 0.5) is 5.82 Å². The number of methoxy groups -OCH3 is 1. The van der Waals surface area contributed by atoms with E-state index in [2.05, 4.69) is 40.8 Å². The van der Waals surface area contributed by atoms with Crippen LogP contribution in [0, 0.1) is 0 Å². The molecular weight excluding hydrogens is 546 g/mol. The minimum Gasteiger partial charge on any atom is -0.496 e. The zero-order valence-electron chi connectivity index (χ0n) is 21.5. The summed E-state index contributed by atoms with van der Waals surface area (Å²) in [6, 6.07) is 22.3. The standard InChI is InChI=1S/C27H21N9O4S/c1-38-20-12-11-16(13-18(20)15-41-27-30-19-9-5-6-10-21(19)39-27)14-29-32-26(37)23-22(17-7-3-2-4-8-17)31-35-36(23)25-24(28)33-40-34-25/h2-14H,15H2,1H3,(H2,28,33)(H,32,37)/b29-14+. The number of aromatic nitrogens is 6. The largest absolute Gasteiger partial charge is 0.496 e. The van der Waals surface area contributed by atoms with Crippen molar-refractivity contribution >= 4 is 40.8 Å². The Morgan fingerprint density at radius 1 is 1.12 bits per heavy atom. The third-order valence-electron chi connectivity index (χ3n) is 5.94. The molecule has 0 aliphatic rings. The van der Waals surface area contributed by atoms with Crippen molar-refractivity contribution < 1.29 is 18.6 Å². The first-order valence-corrected chi connectivity index (χ1v) is 13.2. The highest BCUT2D eigenvalue weighted by Gasteiger charge is 2.25. The monoisotopic (exact) mass is 567 g/mol. The molecule has 0 fully saturated rings. The number of nitrogens with zero attached hydrogens (tertiary/aromatic N) is 7. The second kappa shape index (κ2) is 11.3. The van der Waals surface area contributed by atoms with E-state index in [0.717, 1.165) is 26.9 Å². The minimum absolute atomic E-state index is 0.0325. The van der Waals surface area contributed by atoms with Gasteiger partial charge in [-0.15, -0.1) is 5.10 Å². The van der Waals surface area contributed by atoms with Crippen molar-refractivity contribution in [3.05, 3.63) is 89.6 Å². The van der Waals surface area contributed by atoms with E-state index in [1.807, 2.05) is 60.7 Å². The van der Waals surface area contributed by atoms with Gasteiger partial charge in [0.15, 0.2) is 11.3 Å². The number of benzene rings is 3. The summed E-state index contributed by atoms with van der Waals surface area (Å²) in [5.74, 6) is 0.644. The number of rotatable bonds is 9. The molecule has 41 heavy (non-hydrogen) atoms. The van der Waals surface area contributed by atoms with E-state index < -0.39 is 5.91 Å². The summed E-state index contributed by atoms with van der Waals surface area (Å²) >= 11 is 1.45. The molecule has 1 amide bonds. The van der Waals surface area contributed by atoms with E-state index in [-0.39, 0.29) is 17.3 Å². The number of hydrogen-bond acceptors (Lipinski definition) is 12. The fourth-order valence-electron chi connectivity index (χ4n) is 4.02. The van der Waals surface area contributed by atoms with Gasteiger partial charge in [-0.2, -0.15) is 9.78 Å². The van der Waals surface area contributed by atoms with E-state index in [4.69, 9.17) is 14.9 Å². The molecule has 0 unspecified atom stereocenters. The molecule has 204 valence electrons. The number of nitrogens with one attached hydrogen (secondary N) is 1. The fraction of sp³-hybridized carbons (Fsp3) is 0.0741. The van der Waals surface area contributed by atoms with Crippen molar-refractivity contribution in [2.24, 2.45) is 5.10 Å². The number of nitrogen functional groups attached to an aromatic ring is 1. The summed E-state index contributed by atoms with van der Waals surface area (Å²) in [6.07, 6.45) is 1.52. The Morgan fingerprint density at radius 3 is 2.73 bits per heavy atom. The number of thioether (sulfide) groups is 1. The maximum atomic E-state index is 13.3. The number of ether oxygens (including phenoxy) is 1. The molecule has 0 bridgehead atoms. The molecule has 6 aromatic rings. The molecule has 3 aromatic heterocycles. The Balaban J connectivity index is 1.22. The van der Waals surface area contributed by atoms with Gasteiger partial charge in [-0.3, -0.25) is 4.79 Å². The Bertz CT molecular complexity index is 1830. The molecule has 3 N–H and O–H groups in total. The molecular formula is C27H21N9O4S. The third-order valence-corrected chi connectivity index (χ3v) is 6.82. The lowest BCUT2D eigenvalue weighted by Gasteiger charge is -2.08. The van der Waals surface area contributed by atoms with Gasteiger partial charge in [-0.05, 0) is 46.2 Å². The molecule has 3 heterocycles. The van der Waals surface area contributed by atoms with E-state index >= 15 is 0 Å². The summed E-state index contributed by atoms with van der Waals surface area (Å²) in [5.41, 5.74) is 12.6. The number of fused-ring (bicyclic) bond motifs is 1. The molecule has 3 aromatic carbocycles. The van der Waals surface area contributed by atoms with E-state index in [0.29, 0.717) is 28.0 Å². The topological polar surface area (TPSA) is 172 Å². The van der Waals surface area contributed by atoms with Crippen molar-refractivity contribution in [2.45, 2.75) is 11.0 Å². The second-order valence-corrected chi connectivity index (χ2v) is 9.47. The molecule has 6 rings (SSSR count). The number of anilines is 1. The molecule has 13 nitrogen and oxygen atoms in total. The van der Waals surface area contributed by atoms with Gasteiger partial charge in [0.05, 0.1) is 13.3 Å². The van der Waals surface area contributed by atoms with Crippen LogP contribution in [-0.4, -0.2) is 49.5 Å². The zero-order chi connectivity index (χ0) is 28.2. The molecule has 14 heteroatoms. The highest BCUT2D eigenvalue weighted by molar-refractivity contribution is 7.98. The highest BCUT2D eigenvalue weighted by atomic mass is 32.2. The highest BCUT2D eigenvalue weighted by Crippen LogP contribution is 2.30. The van der Waals surface area contributed by atoms with Crippen LogP contribution >= 0.6 is 11.8 Å². The van der Waals surface area contributed by atoms with Crippen molar-refractivity contribution in [1.82, 2.24) is 35.7 Å². The molecule has 0 atom stereocenters. The predicted octanol–water partition coefficient (Wildman–Crippen LogP) is 4.11. The van der Waals surface area contributed by atoms with Gasteiger partial charge in [0.2, 0.25) is 11.6 Å². The molecule has 0 radical (unpaired) electrons. The van der Waals surface area contributed by atoms with Crippen molar-refractivity contribution in [1.29, 1.82) is 0 Å². The van der Waals surface area contributed by atoms with Gasteiger partial charge >= 0.3 is 0 Å². The van der Waals surface area contributed by atoms with E-state index in [9.17, 15) is 4.79 Å². The smallest absolute Gasteiger partial charge is 0.292 e. The van der Waals surface area contributed by atoms with Gasteiger partial charge in [-0.1, -0.05) is 59.4 Å². The number of carbonyl (C=O) groups excluding carboxylic acids is 1. The average Bonchev–Trinajstić information content (AvgIpc) is 3.74. The molecule has 0 aliphatic heterocycles. The molecule has 0 saturated heterocycles. The number of nitrogens with two attached hydrogens (primary N) is 1. The number of amides is 1. The fourth-order valence-corrected chi connectivity index (χ4v) is 4.84. The van der Waals surface area contributed by atoms with Crippen molar-refractivity contribution in [3.63, 3.8) is 0 Å². The van der Waals surface area contributed by atoms with Crippen molar-refractivity contribution in [3.8, 4) is 22.8 Å².